The van der Waals surface area contributed by atoms with Crippen LogP contribution in [-0.4, -0.2) is 32.1 Å². The number of carbonyl (C=O) groups excluding carboxylic acids is 1. The maximum absolute atomic E-state index is 13.6. The molecule has 0 spiro atoms. The van der Waals surface area contributed by atoms with Crippen LogP contribution in [0.5, 0.6) is 0 Å². The van der Waals surface area contributed by atoms with Crippen LogP contribution in [0.4, 0.5) is 8.78 Å². The molecule has 1 aliphatic rings. The van der Waals surface area contributed by atoms with Gasteiger partial charge >= 0.3 is 0 Å². The van der Waals surface area contributed by atoms with Gasteiger partial charge in [0.25, 0.3) is 5.91 Å². The summed E-state index contributed by atoms with van der Waals surface area (Å²) in [5.74, 6) is -1.44. The highest BCUT2D eigenvalue weighted by Crippen LogP contribution is 2.27. The number of amides is 1. The van der Waals surface area contributed by atoms with Gasteiger partial charge in [-0.1, -0.05) is 6.07 Å². The summed E-state index contributed by atoms with van der Waals surface area (Å²) in [6.45, 7) is 1.57. The molecule has 3 rings (SSSR count). The Hall–Kier alpha value is -2.25. The molecule has 1 aliphatic heterocycles. The van der Waals surface area contributed by atoms with Crippen molar-refractivity contribution in [2.75, 3.05) is 20.2 Å². The number of ether oxygens (including phenoxy) is 1. The van der Waals surface area contributed by atoms with Crippen LogP contribution in [0.3, 0.4) is 0 Å². The molecule has 1 saturated heterocycles. The zero-order valence-electron chi connectivity index (χ0n) is 13.9. The van der Waals surface area contributed by atoms with Gasteiger partial charge in [0.1, 0.15) is 12.4 Å². The van der Waals surface area contributed by atoms with Gasteiger partial charge in [0.05, 0.1) is 0 Å². The van der Waals surface area contributed by atoms with Gasteiger partial charge in [0, 0.05) is 25.6 Å². The van der Waals surface area contributed by atoms with Crippen LogP contribution >= 0.6 is 0 Å². The molecule has 25 heavy (non-hydrogen) atoms. The molecule has 0 bridgehead atoms. The first kappa shape index (κ1) is 17.6. The fourth-order valence-corrected chi connectivity index (χ4v) is 3.11. The number of methoxy groups -OCH3 is 1. The molecule has 0 aliphatic carbocycles. The molecule has 1 fully saturated rings. The molecule has 2 N–H and O–H groups in total. The highest BCUT2D eigenvalue weighted by atomic mass is 19.2. The molecular formula is C18H20F2N2O3. The van der Waals surface area contributed by atoms with Gasteiger partial charge in [0.15, 0.2) is 17.4 Å². The van der Waals surface area contributed by atoms with Crippen molar-refractivity contribution in [1.29, 1.82) is 0 Å². The lowest BCUT2D eigenvalue weighted by Crippen LogP contribution is -2.50. The van der Waals surface area contributed by atoms with Gasteiger partial charge in [-0.05, 0) is 42.8 Å². The third-order valence-electron chi connectivity index (χ3n) is 4.34. The average molecular weight is 350 g/mol. The van der Waals surface area contributed by atoms with Gasteiger partial charge in [-0.3, -0.25) is 4.79 Å². The van der Waals surface area contributed by atoms with Crippen molar-refractivity contribution in [3.8, 4) is 0 Å². The largest absolute Gasteiger partial charge is 0.453 e. The normalized spacial score (nSPS) is 20.4. The predicted molar refractivity (Wildman–Crippen MR) is 87.3 cm³/mol. The van der Waals surface area contributed by atoms with Crippen molar-refractivity contribution in [3.63, 3.8) is 0 Å². The van der Waals surface area contributed by atoms with Gasteiger partial charge in [0.2, 0.25) is 0 Å². The molecule has 1 aromatic carbocycles. The van der Waals surface area contributed by atoms with E-state index in [9.17, 15) is 13.6 Å². The summed E-state index contributed by atoms with van der Waals surface area (Å²) < 4.78 is 37.1. The summed E-state index contributed by atoms with van der Waals surface area (Å²) in [5, 5.41) is 6.13. The summed E-state index contributed by atoms with van der Waals surface area (Å²) in [6, 6.07) is 6.92. The highest BCUT2D eigenvalue weighted by molar-refractivity contribution is 5.91. The van der Waals surface area contributed by atoms with E-state index in [0.717, 1.165) is 12.6 Å². The van der Waals surface area contributed by atoms with Crippen LogP contribution in [0.25, 0.3) is 0 Å². The number of furan rings is 1. The highest BCUT2D eigenvalue weighted by Gasteiger charge is 2.29. The van der Waals surface area contributed by atoms with Crippen LogP contribution in [0.2, 0.25) is 0 Å². The van der Waals surface area contributed by atoms with Crippen molar-refractivity contribution in [1.82, 2.24) is 10.6 Å². The topological polar surface area (TPSA) is 63.5 Å². The summed E-state index contributed by atoms with van der Waals surface area (Å²) in [6.07, 6.45) is 0.711. The predicted octanol–water partition coefficient (Wildman–Crippen LogP) is 2.58. The van der Waals surface area contributed by atoms with Crippen molar-refractivity contribution in [2.24, 2.45) is 0 Å². The molecule has 1 amide bonds. The minimum Gasteiger partial charge on any atom is -0.453 e. The maximum Gasteiger partial charge on any atom is 0.287 e. The van der Waals surface area contributed by atoms with Crippen LogP contribution in [0, 0.1) is 11.6 Å². The number of halogens is 2. The van der Waals surface area contributed by atoms with E-state index in [0.29, 0.717) is 24.3 Å². The Labute approximate surface area is 144 Å². The maximum atomic E-state index is 13.6. The summed E-state index contributed by atoms with van der Waals surface area (Å²) in [5.41, 5.74) is 0.671. The number of hydrogen-bond donors (Lipinski definition) is 2. The van der Waals surface area contributed by atoms with Gasteiger partial charge < -0.3 is 19.8 Å². The second kappa shape index (κ2) is 7.76. The number of carbonyl (C=O) groups is 1. The van der Waals surface area contributed by atoms with Crippen LogP contribution in [-0.2, 0) is 11.3 Å². The SMILES string of the molecule is COCc1ccc(C(=O)NC2CNCCC2c2ccc(F)c(F)c2)o1. The molecule has 0 radical (unpaired) electrons. The Balaban J connectivity index is 1.73. The van der Waals surface area contributed by atoms with Gasteiger partial charge in [-0.25, -0.2) is 8.78 Å². The lowest BCUT2D eigenvalue weighted by atomic mass is 9.86. The van der Waals surface area contributed by atoms with E-state index in [-0.39, 0.29) is 30.2 Å². The van der Waals surface area contributed by atoms with E-state index in [2.05, 4.69) is 10.6 Å². The minimum atomic E-state index is -0.878. The fourth-order valence-electron chi connectivity index (χ4n) is 3.11. The van der Waals surface area contributed by atoms with Gasteiger partial charge in [-0.2, -0.15) is 0 Å². The zero-order valence-corrected chi connectivity index (χ0v) is 13.9. The summed E-state index contributed by atoms with van der Waals surface area (Å²) in [4.78, 5) is 12.4. The smallest absolute Gasteiger partial charge is 0.287 e. The second-order valence-corrected chi connectivity index (χ2v) is 6.05. The third-order valence-corrected chi connectivity index (χ3v) is 4.34. The second-order valence-electron chi connectivity index (χ2n) is 6.05. The first-order valence-electron chi connectivity index (χ1n) is 8.12. The Morgan fingerprint density at radius 1 is 1.32 bits per heavy atom. The fraction of sp³-hybridized carbons (Fsp3) is 0.389. The number of piperidine rings is 1. The lowest BCUT2D eigenvalue weighted by Gasteiger charge is -2.33. The quantitative estimate of drug-likeness (QED) is 0.870. The Morgan fingerprint density at radius 3 is 2.92 bits per heavy atom. The van der Waals surface area contributed by atoms with E-state index in [1.165, 1.54) is 6.07 Å². The van der Waals surface area contributed by atoms with Crippen LogP contribution in [0.1, 0.15) is 34.2 Å². The van der Waals surface area contributed by atoms with Crippen LogP contribution < -0.4 is 10.6 Å². The number of nitrogens with one attached hydrogen (secondary N) is 2. The molecule has 0 saturated carbocycles. The van der Waals surface area contributed by atoms with E-state index in [1.54, 1.807) is 25.3 Å². The van der Waals surface area contributed by atoms with E-state index in [4.69, 9.17) is 9.15 Å². The zero-order chi connectivity index (χ0) is 17.8. The van der Waals surface area contributed by atoms with Crippen molar-refractivity contribution in [2.45, 2.75) is 25.0 Å². The van der Waals surface area contributed by atoms with Crippen molar-refractivity contribution >= 4 is 5.91 Å². The molecule has 2 heterocycles. The third kappa shape index (κ3) is 4.05. The van der Waals surface area contributed by atoms with Crippen molar-refractivity contribution < 1.29 is 22.7 Å². The van der Waals surface area contributed by atoms with Gasteiger partial charge in [-0.15, -0.1) is 0 Å². The summed E-state index contributed by atoms with van der Waals surface area (Å²) >= 11 is 0. The monoisotopic (exact) mass is 350 g/mol. The lowest BCUT2D eigenvalue weighted by molar-refractivity contribution is 0.0887. The number of benzene rings is 1. The molecule has 1 aromatic heterocycles. The number of hydrogen-bond acceptors (Lipinski definition) is 4. The molecule has 7 heteroatoms. The standard InChI is InChI=1S/C18H20F2N2O3/c1-24-10-12-3-5-17(25-12)18(23)22-16-9-21-7-6-13(16)11-2-4-14(19)15(20)8-11/h2-5,8,13,16,21H,6-7,9-10H2,1H3,(H,22,23). The molecule has 2 unspecified atom stereocenters. The van der Waals surface area contributed by atoms with E-state index in [1.807, 2.05) is 0 Å². The Bertz CT molecular complexity index is 748. The average Bonchev–Trinajstić information content (AvgIpc) is 3.07. The van der Waals surface area contributed by atoms with E-state index < -0.39 is 11.6 Å². The molecule has 2 aromatic rings. The van der Waals surface area contributed by atoms with Crippen molar-refractivity contribution in [3.05, 3.63) is 59.1 Å². The summed E-state index contributed by atoms with van der Waals surface area (Å²) in [7, 11) is 1.54. The number of rotatable bonds is 5. The molecule has 134 valence electrons. The Kier molecular flexibility index (Phi) is 5.45. The molecular weight excluding hydrogens is 330 g/mol. The first-order chi connectivity index (χ1) is 12.1. The van der Waals surface area contributed by atoms with E-state index >= 15 is 0 Å². The Morgan fingerprint density at radius 2 is 2.16 bits per heavy atom. The first-order valence-corrected chi connectivity index (χ1v) is 8.12. The van der Waals surface area contributed by atoms with Crippen LogP contribution in [0.15, 0.2) is 34.7 Å². The molecule has 2 atom stereocenters. The molecule has 5 nitrogen and oxygen atoms in total. The minimum absolute atomic E-state index is 0.103.